The number of rotatable bonds is 7. The van der Waals surface area contributed by atoms with Gasteiger partial charge in [-0.15, -0.1) is 0 Å². The van der Waals surface area contributed by atoms with Gasteiger partial charge in [0.15, 0.2) is 0 Å². The van der Waals surface area contributed by atoms with Gasteiger partial charge in [0.05, 0.1) is 6.04 Å². The molecule has 0 aromatic heterocycles. The molecule has 0 saturated heterocycles. The minimum absolute atomic E-state index is 0.00278. The van der Waals surface area contributed by atoms with Gasteiger partial charge in [0.1, 0.15) is 0 Å². The Balaban J connectivity index is 2.34. The van der Waals surface area contributed by atoms with Crippen LogP contribution in [0.2, 0.25) is 0 Å². The summed E-state index contributed by atoms with van der Waals surface area (Å²) in [4.78, 5) is 14.2. The first-order valence-electron chi connectivity index (χ1n) is 6.82. The topological polar surface area (TPSA) is 44.4 Å². The van der Waals surface area contributed by atoms with E-state index in [-0.39, 0.29) is 11.9 Å². The summed E-state index contributed by atoms with van der Waals surface area (Å²) in [5.41, 5.74) is 2.03. The first-order valence-corrected chi connectivity index (χ1v) is 6.82. The molecule has 1 unspecified atom stereocenters. The molecule has 0 spiro atoms. The van der Waals surface area contributed by atoms with Gasteiger partial charge in [0, 0.05) is 18.8 Å². The van der Waals surface area contributed by atoms with Gasteiger partial charge in [-0.05, 0) is 39.6 Å². The van der Waals surface area contributed by atoms with E-state index in [4.69, 9.17) is 0 Å². The summed E-state index contributed by atoms with van der Waals surface area (Å²) in [6.45, 7) is 8.81. The van der Waals surface area contributed by atoms with Gasteiger partial charge in [-0.25, -0.2) is 0 Å². The largest absolute Gasteiger partial charge is 0.325 e. The molecule has 4 nitrogen and oxygen atoms in total. The molecule has 1 atom stereocenters. The Morgan fingerprint density at radius 3 is 2.53 bits per heavy atom. The van der Waals surface area contributed by atoms with E-state index in [2.05, 4.69) is 29.5 Å². The second-order valence-corrected chi connectivity index (χ2v) is 4.93. The van der Waals surface area contributed by atoms with Crippen LogP contribution in [0.15, 0.2) is 24.3 Å². The molecule has 1 aromatic rings. The fourth-order valence-corrected chi connectivity index (χ4v) is 1.61. The van der Waals surface area contributed by atoms with Crippen LogP contribution in [-0.4, -0.2) is 43.5 Å². The zero-order valence-corrected chi connectivity index (χ0v) is 12.4. The van der Waals surface area contributed by atoms with E-state index in [0.29, 0.717) is 0 Å². The third-order valence-corrected chi connectivity index (χ3v) is 3.20. The Morgan fingerprint density at radius 1 is 1.32 bits per heavy atom. The van der Waals surface area contributed by atoms with Crippen molar-refractivity contribution in [1.82, 2.24) is 10.2 Å². The molecule has 2 N–H and O–H groups in total. The quantitative estimate of drug-likeness (QED) is 0.789. The summed E-state index contributed by atoms with van der Waals surface area (Å²) in [5, 5.41) is 6.13. The second kappa shape index (κ2) is 7.92. The number of hydrogen-bond acceptors (Lipinski definition) is 3. The van der Waals surface area contributed by atoms with Crippen molar-refractivity contribution in [3.8, 4) is 0 Å². The summed E-state index contributed by atoms with van der Waals surface area (Å²) < 4.78 is 0. The van der Waals surface area contributed by atoms with E-state index in [0.717, 1.165) is 25.3 Å². The van der Waals surface area contributed by atoms with E-state index in [1.807, 2.05) is 38.1 Å². The molecular formula is C15H25N3O. The Hall–Kier alpha value is -1.39. The van der Waals surface area contributed by atoms with Gasteiger partial charge in [-0.2, -0.15) is 0 Å². The normalized spacial score (nSPS) is 12.5. The molecule has 0 bridgehead atoms. The minimum atomic E-state index is -0.188. The van der Waals surface area contributed by atoms with Crippen LogP contribution in [0, 0.1) is 6.92 Å². The summed E-state index contributed by atoms with van der Waals surface area (Å²) >= 11 is 0. The van der Waals surface area contributed by atoms with Gasteiger partial charge in [-0.1, -0.05) is 24.6 Å². The molecule has 0 aliphatic heterocycles. The lowest BCUT2D eigenvalue weighted by atomic mass is 10.2. The van der Waals surface area contributed by atoms with Crippen molar-refractivity contribution in [2.75, 3.05) is 32.0 Å². The van der Waals surface area contributed by atoms with Crippen LogP contribution < -0.4 is 10.6 Å². The highest BCUT2D eigenvalue weighted by molar-refractivity contribution is 5.94. The molecular weight excluding hydrogens is 238 g/mol. The summed E-state index contributed by atoms with van der Waals surface area (Å²) in [6.07, 6.45) is 0. The SMILES string of the molecule is CCN(C)CCNC(C)C(=O)Nc1ccc(C)cc1. The van der Waals surface area contributed by atoms with Gasteiger partial charge < -0.3 is 15.5 Å². The number of anilines is 1. The molecule has 106 valence electrons. The Morgan fingerprint density at radius 2 is 1.95 bits per heavy atom. The summed E-state index contributed by atoms with van der Waals surface area (Å²) in [7, 11) is 2.07. The molecule has 1 aromatic carbocycles. The van der Waals surface area contributed by atoms with Gasteiger partial charge in [-0.3, -0.25) is 4.79 Å². The van der Waals surface area contributed by atoms with Crippen molar-refractivity contribution >= 4 is 11.6 Å². The third kappa shape index (κ3) is 5.85. The minimum Gasteiger partial charge on any atom is -0.325 e. The number of carbonyl (C=O) groups excluding carboxylic acids is 1. The van der Waals surface area contributed by atoms with Crippen LogP contribution in [0.5, 0.6) is 0 Å². The first kappa shape index (κ1) is 15.7. The van der Waals surface area contributed by atoms with Crippen LogP contribution in [0.4, 0.5) is 5.69 Å². The number of aryl methyl sites for hydroxylation is 1. The van der Waals surface area contributed by atoms with E-state index >= 15 is 0 Å². The van der Waals surface area contributed by atoms with Crippen molar-refractivity contribution in [1.29, 1.82) is 0 Å². The molecule has 1 amide bonds. The Kier molecular flexibility index (Phi) is 6.53. The van der Waals surface area contributed by atoms with Gasteiger partial charge in [0.2, 0.25) is 5.91 Å². The standard InChI is InChI=1S/C15H25N3O/c1-5-18(4)11-10-16-13(3)15(19)17-14-8-6-12(2)7-9-14/h6-9,13,16H,5,10-11H2,1-4H3,(H,17,19). The van der Waals surface area contributed by atoms with Crippen molar-refractivity contribution in [2.24, 2.45) is 0 Å². The van der Waals surface area contributed by atoms with Gasteiger partial charge >= 0.3 is 0 Å². The fraction of sp³-hybridized carbons (Fsp3) is 0.533. The van der Waals surface area contributed by atoms with Crippen LogP contribution >= 0.6 is 0 Å². The highest BCUT2D eigenvalue weighted by atomic mass is 16.2. The van der Waals surface area contributed by atoms with E-state index in [9.17, 15) is 4.79 Å². The Labute approximate surface area is 116 Å². The van der Waals surface area contributed by atoms with Crippen LogP contribution in [0.25, 0.3) is 0 Å². The number of amides is 1. The van der Waals surface area contributed by atoms with Crippen LogP contribution in [-0.2, 0) is 4.79 Å². The summed E-state index contributed by atoms with van der Waals surface area (Å²) in [5.74, 6) is 0.00278. The number of hydrogen-bond donors (Lipinski definition) is 2. The average molecular weight is 263 g/mol. The third-order valence-electron chi connectivity index (χ3n) is 3.20. The smallest absolute Gasteiger partial charge is 0.241 e. The molecule has 0 heterocycles. The van der Waals surface area contributed by atoms with E-state index < -0.39 is 0 Å². The number of nitrogens with zero attached hydrogens (tertiary/aromatic N) is 1. The highest BCUT2D eigenvalue weighted by Gasteiger charge is 2.11. The maximum atomic E-state index is 12.0. The van der Waals surface area contributed by atoms with Crippen LogP contribution in [0.1, 0.15) is 19.4 Å². The monoisotopic (exact) mass is 263 g/mol. The lowest BCUT2D eigenvalue weighted by molar-refractivity contribution is -0.117. The predicted octanol–water partition coefficient (Wildman–Crippen LogP) is 1.86. The Bertz CT molecular complexity index is 389. The number of carbonyl (C=O) groups is 1. The summed E-state index contributed by atoms with van der Waals surface area (Å²) in [6, 6.07) is 7.63. The molecule has 0 aliphatic rings. The molecule has 0 aliphatic carbocycles. The number of benzene rings is 1. The fourth-order valence-electron chi connectivity index (χ4n) is 1.61. The number of likely N-dealkylation sites (N-methyl/N-ethyl adjacent to an activating group) is 1. The molecule has 4 heteroatoms. The van der Waals surface area contributed by atoms with E-state index in [1.54, 1.807) is 0 Å². The van der Waals surface area contributed by atoms with E-state index in [1.165, 1.54) is 5.56 Å². The molecule has 1 rings (SSSR count). The van der Waals surface area contributed by atoms with Crippen molar-refractivity contribution in [3.05, 3.63) is 29.8 Å². The highest BCUT2D eigenvalue weighted by Crippen LogP contribution is 2.08. The van der Waals surface area contributed by atoms with Crippen LogP contribution in [0.3, 0.4) is 0 Å². The zero-order valence-electron chi connectivity index (χ0n) is 12.4. The van der Waals surface area contributed by atoms with Gasteiger partial charge in [0.25, 0.3) is 0 Å². The molecule has 0 radical (unpaired) electrons. The molecule has 19 heavy (non-hydrogen) atoms. The van der Waals surface area contributed by atoms with Crippen molar-refractivity contribution < 1.29 is 4.79 Å². The zero-order chi connectivity index (χ0) is 14.3. The average Bonchev–Trinajstić information content (AvgIpc) is 2.40. The molecule has 0 fully saturated rings. The lowest BCUT2D eigenvalue weighted by Crippen LogP contribution is -2.41. The maximum Gasteiger partial charge on any atom is 0.241 e. The maximum absolute atomic E-state index is 12.0. The number of nitrogens with one attached hydrogen (secondary N) is 2. The first-order chi connectivity index (χ1) is 9.02. The predicted molar refractivity (Wildman–Crippen MR) is 80.4 cm³/mol. The second-order valence-electron chi connectivity index (χ2n) is 4.93. The van der Waals surface area contributed by atoms with Crippen molar-refractivity contribution in [2.45, 2.75) is 26.8 Å². The molecule has 0 saturated carbocycles. The van der Waals surface area contributed by atoms with Crippen molar-refractivity contribution in [3.63, 3.8) is 0 Å². The lowest BCUT2D eigenvalue weighted by Gasteiger charge is -2.17.